The van der Waals surface area contributed by atoms with E-state index < -0.39 is 11.0 Å². The number of nitro groups is 1. The number of aliphatic hydroxyl groups is 2. The molecule has 0 aromatic heterocycles. The van der Waals surface area contributed by atoms with E-state index in [2.05, 4.69) is 0 Å². The first-order chi connectivity index (χ1) is 9.54. The molecule has 20 heavy (non-hydrogen) atoms. The van der Waals surface area contributed by atoms with Gasteiger partial charge in [-0.3, -0.25) is 10.1 Å². The molecule has 2 rings (SSSR count). The zero-order valence-corrected chi connectivity index (χ0v) is 11.2. The summed E-state index contributed by atoms with van der Waals surface area (Å²) in [6, 6.07) is 4.37. The van der Waals surface area contributed by atoms with Crippen LogP contribution in [-0.2, 0) is 4.74 Å². The SMILES string of the molecule is C[C@@H](O)c1ccc(N2CCOCC2CO)c([N+](=O)[O-])c1. The molecule has 110 valence electrons. The molecule has 0 aliphatic carbocycles. The Balaban J connectivity index is 2.41. The van der Waals surface area contributed by atoms with Crippen molar-refractivity contribution in [2.45, 2.75) is 19.1 Å². The van der Waals surface area contributed by atoms with Crippen molar-refractivity contribution in [3.8, 4) is 0 Å². The number of anilines is 1. The lowest BCUT2D eigenvalue weighted by Crippen LogP contribution is -2.47. The van der Waals surface area contributed by atoms with Crippen LogP contribution < -0.4 is 4.90 Å². The molecule has 0 spiro atoms. The second-order valence-electron chi connectivity index (χ2n) is 4.79. The molecule has 2 atom stereocenters. The van der Waals surface area contributed by atoms with Gasteiger partial charge in [0.25, 0.3) is 5.69 Å². The number of morpholine rings is 1. The highest BCUT2D eigenvalue weighted by Gasteiger charge is 2.28. The highest BCUT2D eigenvalue weighted by molar-refractivity contribution is 5.65. The first-order valence-electron chi connectivity index (χ1n) is 6.46. The Morgan fingerprint density at radius 2 is 2.35 bits per heavy atom. The second-order valence-corrected chi connectivity index (χ2v) is 4.79. The number of aliphatic hydroxyl groups excluding tert-OH is 2. The number of rotatable bonds is 4. The third-order valence-electron chi connectivity index (χ3n) is 3.43. The molecule has 2 N–H and O–H groups in total. The molecule has 1 aromatic rings. The van der Waals surface area contributed by atoms with Gasteiger partial charge in [-0.1, -0.05) is 6.07 Å². The van der Waals surface area contributed by atoms with Crippen LogP contribution in [0.2, 0.25) is 0 Å². The van der Waals surface area contributed by atoms with Crippen LogP contribution in [0.5, 0.6) is 0 Å². The average molecular weight is 282 g/mol. The van der Waals surface area contributed by atoms with E-state index in [1.54, 1.807) is 24.0 Å². The molecule has 1 unspecified atom stereocenters. The van der Waals surface area contributed by atoms with E-state index in [0.29, 0.717) is 31.0 Å². The topological polar surface area (TPSA) is 96.1 Å². The molecule has 1 heterocycles. The van der Waals surface area contributed by atoms with Gasteiger partial charge in [-0.2, -0.15) is 0 Å². The maximum absolute atomic E-state index is 11.2. The van der Waals surface area contributed by atoms with Gasteiger partial charge in [0.2, 0.25) is 0 Å². The summed E-state index contributed by atoms with van der Waals surface area (Å²) in [7, 11) is 0. The number of hydrogen-bond acceptors (Lipinski definition) is 6. The van der Waals surface area contributed by atoms with Gasteiger partial charge in [-0.25, -0.2) is 0 Å². The maximum Gasteiger partial charge on any atom is 0.292 e. The second kappa shape index (κ2) is 6.17. The van der Waals surface area contributed by atoms with Gasteiger partial charge in [-0.15, -0.1) is 0 Å². The summed E-state index contributed by atoms with van der Waals surface area (Å²) in [6.07, 6.45) is -0.763. The molecule has 1 aliphatic heterocycles. The van der Waals surface area contributed by atoms with Crippen LogP contribution in [-0.4, -0.2) is 47.5 Å². The first kappa shape index (κ1) is 14.7. The summed E-state index contributed by atoms with van der Waals surface area (Å²) in [6.45, 7) is 2.72. The minimum atomic E-state index is -0.763. The standard InChI is InChI=1S/C13H18N2O5/c1-9(17)10-2-3-12(13(6-10)15(18)19)14-4-5-20-8-11(14)7-16/h2-3,6,9,11,16-17H,4-5,7-8H2,1H3/t9-,11?/m1/s1. The summed E-state index contributed by atoms with van der Waals surface area (Å²) in [5.41, 5.74) is 0.875. The molecular formula is C13H18N2O5. The van der Waals surface area contributed by atoms with Crippen molar-refractivity contribution < 1.29 is 19.9 Å². The lowest BCUT2D eigenvalue weighted by molar-refractivity contribution is -0.384. The van der Waals surface area contributed by atoms with Crippen molar-refractivity contribution in [3.63, 3.8) is 0 Å². The Hall–Kier alpha value is -1.70. The summed E-state index contributed by atoms with van der Waals surface area (Å²) >= 11 is 0. The van der Waals surface area contributed by atoms with Gasteiger partial charge in [0, 0.05) is 12.6 Å². The van der Waals surface area contributed by atoms with Gasteiger partial charge in [0.1, 0.15) is 5.69 Å². The van der Waals surface area contributed by atoms with E-state index in [4.69, 9.17) is 4.74 Å². The highest BCUT2D eigenvalue weighted by atomic mass is 16.6. The lowest BCUT2D eigenvalue weighted by Gasteiger charge is -2.36. The molecule has 1 fully saturated rings. The first-order valence-corrected chi connectivity index (χ1v) is 6.46. The summed E-state index contributed by atoms with van der Waals surface area (Å²) in [4.78, 5) is 12.6. The van der Waals surface area contributed by atoms with Crippen molar-refractivity contribution in [1.82, 2.24) is 0 Å². The lowest BCUT2D eigenvalue weighted by atomic mass is 10.1. The van der Waals surface area contributed by atoms with Crippen LogP contribution in [0.3, 0.4) is 0 Å². The molecule has 0 saturated carbocycles. The van der Waals surface area contributed by atoms with E-state index in [1.807, 2.05) is 0 Å². The van der Waals surface area contributed by atoms with Crippen molar-refractivity contribution >= 4 is 11.4 Å². The fourth-order valence-corrected chi connectivity index (χ4v) is 2.31. The predicted molar refractivity (Wildman–Crippen MR) is 72.8 cm³/mol. The van der Waals surface area contributed by atoms with Gasteiger partial charge in [0.15, 0.2) is 0 Å². The van der Waals surface area contributed by atoms with Gasteiger partial charge in [-0.05, 0) is 18.6 Å². The molecule has 0 radical (unpaired) electrons. The normalized spacial score (nSPS) is 20.8. The minimum Gasteiger partial charge on any atom is -0.394 e. The Kier molecular flexibility index (Phi) is 4.53. The van der Waals surface area contributed by atoms with Crippen molar-refractivity contribution in [3.05, 3.63) is 33.9 Å². The molecule has 7 nitrogen and oxygen atoms in total. The van der Waals surface area contributed by atoms with Crippen molar-refractivity contribution in [2.75, 3.05) is 31.3 Å². The van der Waals surface area contributed by atoms with Crippen LogP contribution in [0, 0.1) is 10.1 Å². The van der Waals surface area contributed by atoms with Crippen LogP contribution in [0.15, 0.2) is 18.2 Å². The van der Waals surface area contributed by atoms with E-state index in [0.717, 1.165) is 0 Å². The minimum absolute atomic E-state index is 0.0660. The number of benzene rings is 1. The third kappa shape index (κ3) is 2.90. The predicted octanol–water partition coefficient (Wildman–Crippen LogP) is 0.846. The highest BCUT2D eigenvalue weighted by Crippen LogP contribution is 2.33. The fourth-order valence-electron chi connectivity index (χ4n) is 2.31. The Morgan fingerprint density at radius 3 is 2.95 bits per heavy atom. The summed E-state index contributed by atoms with van der Waals surface area (Å²) < 4.78 is 5.28. The molecule has 0 bridgehead atoms. The maximum atomic E-state index is 11.2. The van der Waals surface area contributed by atoms with Crippen LogP contribution in [0.4, 0.5) is 11.4 Å². The number of nitrogens with zero attached hydrogens (tertiary/aromatic N) is 2. The van der Waals surface area contributed by atoms with Crippen LogP contribution in [0.25, 0.3) is 0 Å². The van der Waals surface area contributed by atoms with E-state index >= 15 is 0 Å². The largest absolute Gasteiger partial charge is 0.394 e. The number of nitro benzene ring substituents is 1. The smallest absolute Gasteiger partial charge is 0.292 e. The molecule has 1 aromatic carbocycles. The average Bonchev–Trinajstić information content (AvgIpc) is 2.46. The summed E-state index contributed by atoms with van der Waals surface area (Å²) in [5.74, 6) is 0. The van der Waals surface area contributed by atoms with Crippen LogP contribution >= 0.6 is 0 Å². The molecule has 1 saturated heterocycles. The number of ether oxygens (including phenoxy) is 1. The monoisotopic (exact) mass is 282 g/mol. The Bertz CT molecular complexity index is 492. The quantitative estimate of drug-likeness (QED) is 0.627. The van der Waals surface area contributed by atoms with Gasteiger partial charge in [0.05, 0.1) is 36.9 Å². The Labute approximate surface area is 116 Å². The molecule has 1 aliphatic rings. The Morgan fingerprint density at radius 1 is 1.60 bits per heavy atom. The number of hydrogen-bond donors (Lipinski definition) is 2. The molecule has 7 heteroatoms. The molecule has 0 amide bonds. The van der Waals surface area contributed by atoms with Gasteiger partial charge < -0.3 is 19.8 Å². The van der Waals surface area contributed by atoms with Crippen LogP contribution in [0.1, 0.15) is 18.6 Å². The van der Waals surface area contributed by atoms with Gasteiger partial charge >= 0.3 is 0 Å². The van der Waals surface area contributed by atoms with Crippen molar-refractivity contribution in [1.29, 1.82) is 0 Å². The van der Waals surface area contributed by atoms with E-state index in [9.17, 15) is 20.3 Å². The zero-order valence-electron chi connectivity index (χ0n) is 11.2. The zero-order chi connectivity index (χ0) is 14.7. The summed E-state index contributed by atoms with van der Waals surface area (Å²) in [5, 5.41) is 30.1. The van der Waals surface area contributed by atoms with E-state index in [-0.39, 0.29) is 18.3 Å². The van der Waals surface area contributed by atoms with E-state index in [1.165, 1.54) is 6.07 Å². The van der Waals surface area contributed by atoms with Crippen molar-refractivity contribution in [2.24, 2.45) is 0 Å². The molecular weight excluding hydrogens is 264 g/mol. The fraction of sp³-hybridized carbons (Fsp3) is 0.538. The third-order valence-corrected chi connectivity index (χ3v) is 3.43.